The van der Waals surface area contributed by atoms with Crippen molar-refractivity contribution in [2.45, 2.75) is 26.2 Å². The molecule has 1 saturated heterocycles. The molecule has 0 aliphatic carbocycles. The Morgan fingerprint density at radius 3 is 2.19 bits per heavy atom. The first kappa shape index (κ1) is 21.7. The zero-order valence-electron chi connectivity index (χ0n) is 18.4. The van der Waals surface area contributed by atoms with Crippen LogP contribution >= 0.6 is 0 Å². The van der Waals surface area contributed by atoms with Crippen molar-refractivity contribution in [3.8, 4) is 11.3 Å². The molecule has 3 aromatic rings. The summed E-state index contributed by atoms with van der Waals surface area (Å²) in [6, 6.07) is 21.4. The molecule has 1 aromatic heterocycles. The van der Waals surface area contributed by atoms with Gasteiger partial charge in [0.05, 0.1) is 5.69 Å². The van der Waals surface area contributed by atoms with E-state index in [1.165, 1.54) is 0 Å². The minimum absolute atomic E-state index is 0.0940. The van der Waals surface area contributed by atoms with Gasteiger partial charge in [-0.15, -0.1) is 0 Å². The highest BCUT2D eigenvalue weighted by Crippen LogP contribution is 2.23. The van der Waals surface area contributed by atoms with Crippen LogP contribution in [0, 0.1) is 6.92 Å². The van der Waals surface area contributed by atoms with E-state index in [4.69, 9.17) is 0 Å². The number of nitrogens with zero attached hydrogens (tertiary/aromatic N) is 4. The lowest BCUT2D eigenvalue weighted by molar-refractivity contribution is -0.131. The Morgan fingerprint density at radius 1 is 0.844 bits per heavy atom. The summed E-state index contributed by atoms with van der Waals surface area (Å²) in [6.07, 6.45) is 1.39. The molecule has 0 spiro atoms. The number of piperazine rings is 1. The smallest absolute Gasteiger partial charge is 0.222 e. The third kappa shape index (κ3) is 5.38. The van der Waals surface area contributed by atoms with E-state index in [2.05, 4.69) is 14.9 Å². The molecule has 2 aromatic carbocycles. The summed E-state index contributed by atoms with van der Waals surface area (Å²) in [7, 11) is 0. The highest BCUT2D eigenvalue weighted by atomic mass is 16.2. The van der Waals surface area contributed by atoms with Gasteiger partial charge in [-0.25, -0.2) is 9.97 Å². The van der Waals surface area contributed by atoms with Gasteiger partial charge in [0.15, 0.2) is 5.78 Å². The standard InChI is InChI=1S/C26H28N4O2/c1-20-27-23(21-9-4-2-5-10-21)19-25(28-20)29-15-17-30(18-16-29)26(32)14-8-13-24(31)22-11-6-3-7-12-22/h2-7,9-12,19H,8,13-18H2,1H3. The van der Waals surface area contributed by atoms with Gasteiger partial charge in [-0.05, 0) is 13.3 Å². The largest absolute Gasteiger partial charge is 0.353 e. The molecule has 6 nitrogen and oxygen atoms in total. The normalized spacial score (nSPS) is 13.8. The maximum Gasteiger partial charge on any atom is 0.222 e. The van der Waals surface area contributed by atoms with Crippen LogP contribution in [-0.4, -0.2) is 52.7 Å². The molecular weight excluding hydrogens is 400 g/mol. The molecule has 0 unspecified atom stereocenters. The molecule has 0 saturated carbocycles. The van der Waals surface area contributed by atoms with Gasteiger partial charge in [0.1, 0.15) is 11.6 Å². The zero-order chi connectivity index (χ0) is 22.3. The molecule has 4 rings (SSSR count). The van der Waals surface area contributed by atoms with Crippen LogP contribution in [0.1, 0.15) is 35.4 Å². The average Bonchev–Trinajstić information content (AvgIpc) is 2.84. The Balaban J connectivity index is 1.29. The number of aromatic nitrogens is 2. The summed E-state index contributed by atoms with van der Waals surface area (Å²) < 4.78 is 0. The maximum atomic E-state index is 12.6. The quantitative estimate of drug-likeness (QED) is 0.529. The molecule has 0 bridgehead atoms. The first-order valence-electron chi connectivity index (χ1n) is 11.1. The number of anilines is 1. The van der Waals surface area contributed by atoms with E-state index in [1.54, 1.807) is 0 Å². The number of benzene rings is 2. The van der Waals surface area contributed by atoms with Crippen LogP contribution in [0.2, 0.25) is 0 Å². The fourth-order valence-corrected chi connectivity index (χ4v) is 3.98. The predicted molar refractivity (Wildman–Crippen MR) is 126 cm³/mol. The summed E-state index contributed by atoms with van der Waals surface area (Å²) in [6.45, 7) is 4.70. The van der Waals surface area contributed by atoms with Crippen molar-refractivity contribution in [3.63, 3.8) is 0 Å². The van der Waals surface area contributed by atoms with Gasteiger partial charge in [0.2, 0.25) is 5.91 Å². The minimum Gasteiger partial charge on any atom is -0.353 e. The fourth-order valence-electron chi connectivity index (χ4n) is 3.98. The highest BCUT2D eigenvalue weighted by Gasteiger charge is 2.22. The van der Waals surface area contributed by atoms with E-state index < -0.39 is 0 Å². The van der Waals surface area contributed by atoms with Crippen molar-refractivity contribution in [3.05, 3.63) is 78.1 Å². The van der Waals surface area contributed by atoms with Gasteiger partial charge >= 0.3 is 0 Å². The van der Waals surface area contributed by atoms with Crippen LogP contribution in [0.15, 0.2) is 66.7 Å². The molecule has 0 N–H and O–H groups in total. The number of Topliss-reactive ketones (excluding diaryl/α,β-unsaturated/α-hetero) is 1. The van der Waals surface area contributed by atoms with Gasteiger partial charge < -0.3 is 9.80 Å². The number of amides is 1. The molecule has 1 aliphatic heterocycles. The second kappa shape index (κ2) is 10.2. The summed E-state index contributed by atoms with van der Waals surface area (Å²) in [4.78, 5) is 38.2. The lowest BCUT2D eigenvalue weighted by Crippen LogP contribution is -2.49. The Hall–Kier alpha value is -3.54. The molecule has 2 heterocycles. The van der Waals surface area contributed by atoms with Crippen molar-refractivity contribution in [2.24, 2.45) is 0 Å². The number of rotatable bonds is 7. The fraction of sp³-hybridized carbons (Fsp3) is 0.308. The number of carbonyl (C=O) groups is 2. The van der Waals surface area contributed by atoms with E-state index >= 15 is 0 Å². The van der Waals surface area contributed by atoms with Gasteiger partial charge in [-0.1, -0.05) is 60.7 Å². The third-order valence-electron chi connectivity index (χ3n) is 5.74. The van der Waals surface area contributed by atoms with Crippen molar-refractivity contribution in [1.29, 1.82) is 0 Å². The predicted octanol–water partition coefficient (Wildman–Crippen LogP) is 4.15. The van der Waals surface area contributed by atoms with Crippen molar-refractivity contribution in [1.82, 2.24) is 14.9 Å². The number of hydrogen-bond donors (Lipinski definition) is 0. The van der Waals surface area contributed by atoms with Crippen molar-refractivity contribution < 1.29 is 9.59 Å². The molecule has 32 heavy (non-hydrogen) atoms. The number of ketones is 1. The molecule has 6 heteroatoms. The monoisotopic (exact) mass is 428 g/mol. The number of hydrogen-bond acceptors (Lipinski definition) is 5. The summed E-state index contributed by atoms with van der Waals surface area (Å²) in [5, 5.41) is 0. The zero-order valence-corrected chi connectivity index (χ0v) is 18.4. The summed E-state index contributed by atoms with van der Waals surface area (Å²) in [5.74, 6) is 1.85. The van der Waals surface area contributed by atoms with Gasteiger partial charge in [-0.2, -0.15) is 0 Å². The molecule has 164 valence electrons. The van der Waals surface area contributed by atoms with Crippen LogP contribution in [-0.2, 0) is 4.79 Å². The summed E-state index contributed by atoms with van der Waals surface area (Å²) in [5.41, 5.74) is 2.69. The average molecular weight is 429 g/mol. The molecule has 0 radical (unpaired) electrons. The molecule has 1 fully saturated rings. The first-order valence-corrected chi connectivity index (χ1v) is 11.1. The van der Waals surface area contributed by atoms with E-state index in [0.717, 1.165) is 36.0 Å². The van der Waals surface area contributed by atoms with Crippen molar-refractivity contribution in [2.75, 3.05) is 31.1 Å². The lowest BCUT2D eigenvalue weighted by Gasteiger charge is -2.35. The topological polar surface area (TPSA) is 66.4 Å². The number of carbonyl (C=O) groups excluding carboxylic acids is 2. The molecule has 0 atom stereocenters. The van der Waals surface area contributed by atoms with Crippen LogP contribution in [0.5, 0.6) is 0 Å². The van der Waals surface area contributed by atoms with E-state index in [9.17, 15) is 9.59 Å². The Morgan fingerprint density at radius 2 is 1.50 bits per heavy atom. The van der Waals surface area contributed by atoms with E-state index in [-0.39, 0.29) is 11.7 Å². The van der Waals surface area contributed by atoms with Crippen LogP contribution in [0.25, 0.3) is 11.3 Å². The highest BCUT2D eigenvalue weighted by molar-refractivity contribution is 5.96. The van der Waals surface area contributed by atoms with Gasteiger partial charge in [0.25, 0.3) is 0 Å². The Labute approximate surface area is 188 Å². The van der Waals surface area contributed by atoms with E-state index in [0.29, 0.717) is 37.9 Å². The number of aryl methyl sites for hydroxylation is 1. The lowest BCUT2D eigenvalue weighted by atomic mass is 10.1. The van der Waals surface area contributed by atoms with E-state index in [1.807, 2.05) is 78.6 Å². The van der Waals surface area contributed by atoms with Crippen molar-refractivity contribution >= 4 is 17.5 Å². The van der Waals surface area contributed by atoms with Gasteiger partial charge in [-0.3, -0.25) is 9.59 Å². The second-order valence-electron chi connectivity index (χ2n) is 8.04. The SMILES string of the molecule is Cc1nc(-c2ccccc2)cc(N2CCN(C(=O)CCCC(=O)c3ccccc3)CC2)n1. The first-order chi connectivity index (χ1) is 15.6. The third-order valence-corrected chi connectivity index (χ3v) is 5.74. The second-order valence-corrected chi connectivity index (χ2v) is 8.04. The molecule has 1 aliphatic rings. The van der Waals surface area contributed by atoms with Crippen LogP contribution < -0.4 is 4.90 Å². The minimum atomic E-state index is 0.0940. The van der Waals surface area contributed by atoms with Crippen LogP contribution in [0.3, 0.4) is 0 Å². The molecule has 1 amide bonds. The molecular formula is C26H28N4O2. The summed E-state index contributed by atoms with van der Waals surface area (Å²) >= 11 is 0. The Bertz CT molecular complexity index is 1060. The van der Waals surface area contributed by atoms with Gasteiger partial charge in [0, 0.05) is 56.2 Å². The maximum absolute atomic E-state index is 12.6. The van der Waals surface area contributed by atoms with Crippen LogP contribution in [0.4, 0.5) is 5.82 Å². The Kier molecular flexibility index (Phi) is 6.90.